The molecule has 0 aliphatic carbocycles. The van der Waals surface area contributed by atoms with Gasteiger partial charge >= 0.3 is 0 Å². The number of aliphatic hydroxyl groups is 1. The van der Waals surface area contributed by atoms with Crippen molar-refractivity contribution in [2.24, 2.45) is 0 Å². The Morgan fingerprint density at radius 1 is 1.50 bits per heavy atom. The van der Waals surface area contributed by atoms with Gasteiger partial charge in [0.25, 0.3) is 0 Å². The molecule has 3 heteroatoms. The van der Waals surface area contributed by atoms with Gasteiger partial charge in [-0.1, -0.05) is 11.6 Å². The molecule has 0 saturated heterocycles. The van der Waals surface area contributed by atoms with E-state index in [0.717, 1.165) is 11.8 Å². The molecule has 1 atom stereocenters. The highest BCUT2D eigenvalue weighted by atomic mass is 19.1. The van der Waals surface area contributed by atoms with Crippen molar-refractivity contribution < 1.29 is 9.50 Å². The highest BCUT2D eigenvalue weighted by Crippen LogP contribution is 2.23. The van der Waals surface area contributed by atoms with E-state index in [0.29, 0.717) is 5.56 Å². The first kappa shape index (κ1) is 10.9. The molecular weight excluding hydrogens is 181 g/mol. The molecular formula is C11H14FNO. The van der Waals surface area contributed by atoms with Gasteiger partial charge in [-0.15, -0.1) is 0 Å². The number of pyridine rings is 1. The minimum absolute atomic E-state index is 0.440. The van der Waals surface area contributed by atoms with Gasteiger partial charge in [0, 0.05) is 11.8 Å². The van der Waals surface area contributed by atoms with E-state index in [9.17, 15) is 9.50 Å². The van der Waals surface area contributed by atoms with Gasteiger partial charge in [0.15, 0.2) is 0 Å². The largest absolute Gasteiger partial charge is 0.381 e. The maximum atomic E-state index is 12.8. The maximum absolute atomic E-state index is 12.8. The summed E-state index contributed by atoms with van der Waals surface area (Å²) in [5, 5.41) is 10.00. The first-order valence-electron chi connectivity index (χ1n) is 4.41. The van der Waals surface area contributed by atoms with Gasteiger partial charge < -0.3 is 5.11 Å². The van der Waals surface area contributed by atoms with Crippen LogP contribution >= 0.6 is 0 Å². The van der Waals surface area contributed by atoms with Crippen molar-refractivity contribution in [3.8, 4) is 0 Å². The van der Waals surface area contributed by atoms with E-state index in [-0.39, 0.29) is 0 Å². The molecule has 1 aromatic heterocycles. The Morgan fingerprint density at radius 2 is 2.14 bits per heavy atom. The molecule has 76 valence electrons. The van der Waals surface area contributed by atoms with Crippen LogP contribution < -0.4 is 0 Å². The molecule has 1 N–H and O–H groups in total. The van der Waals surface area contributed by atoms with E-state index < -0.39 is 11.4 Å². The molecule has 2 nitrogen and oxygen atoms in total. The molecule has 0 amide bonds. The summed E-state index contributed by atoms with van der Waals surface area (Å²) in [6.45, 7) is 5.36. The number of halogens is 1. The van der Waals surface area contributed by atoms with Crippen molar-refractivity contribution >= 4 is 0 Å². The number of nitrogens with zero attached hydrogens (tertiary/aromatic N) is 1. The van der Waals surface area contributed by atoms with E-state index in [1.165, 1.54) is 12.3 Å². The smallest absolute Gasteiger partial charge is 0.141 e. The Labute approximate surface area is 83.1 Å². The summed E-state index contributed by atoms with van der Waals surface area (Å²) in [6, 6.07) is 1.28. The normalized spacial score (nSPS) is 14.6. The second-order valence-electron chi connectivity index (χ2n) is 3.76. The number of hydrogen-bond acceptors (Lipinski definition) is 2. The summed E-state index contributed by atoms with van der Waals surface area (Å²) in [5.74, 6) is -0.440. The molecule has 0 bridgehead atoms. The average Bonchev–Trinajstić information content (AvgIpc) is 2.01. The standard InChI is InChI=1S/C11H14FNO/c1-8(2)5-11(3,14)9-4-10(12)7-13-6-9/h4-7,14H,1-3H3. The van der Waals surface area contributed by atoms with E-state index in [1.54, 1.807) is 13.0 Å². The summed E-state index contributed by atoms with van der Waals surface area (Å²) in [6.07, 6.45) is 4.24. The van der Waals surface area contributed by atoms with Crippen molar-refractivity contribution in [2.45, 2.75) is 26.4 Å². The Bertz CT molecular complexity index is 354. The van der Waals surface area contributed by atoms with Crippen molar-refractivity contribution in [1.29, 1.82) is 0 Å². The van der Waals surface area contributed by atoms with E-state index in [1.807, 2.05) is 13.8 Å². The van der Waals surface area contributed by atoms with Crippen molar-refractivity contribution in [2.75, 3.05) is 0 Å². The second kappa shape index (κ2) is 3.88. The summed E-state index contributed by atoms with van der Waals surface area (Å²) < 4.78 is 12.8. The Morgan fingerprint density at radius 3 is 2.64 bits per heavy atom. The van der Waals surface area contributed by atoms with Crippen LogP contribution in [0.5, 0.6) is 0 Å². The fourth-order valence-electron chi connectivity index (χ4n) is 1.33. The molecule has 0 saturated carbocycles. The Balaban J connectivity index is 3.09. The quantitative estimate of drug-likeness (QED) is 0.735. The van der Waals surface area contributed by atoms with Gasteiger partial charge in [0.2, 0.25) is 0 Å². The van der Waals surface area contributed by atoms with E-state index in [4.69, 9.17) is 0 Å². The number of rotatable bonds is 2. The van der Waals surface area contributed by atoms with E-state index >= 15 is 0 Å². The highest BCUT2D eigenvalue weighted by molar-refractivity contribution is 5.24. The Hall–Kier alpha value is -1.22. The Kier molecular flexibility index (Phi) is 3.01. The second-order valence-corrected chi connectivity index (χ2v) is 3.76. The fourth-order valence-corrected chi connectivity index (χ4v) is 1.33. The van der Waals surface area contributed by atoms with Crippen molar-refractivity contribution in [3.05, 3.63) is 41.5 Å². The van der Waals surface area contributed by atoms with Crippen LogP contribution in [0.25, 0.3) is 0 Å². The SMILES string of the molecule is CC(C)=CC(C)(O)c1cncc(F)c1. The maximum Gasteiger partial charge on any atom is 0.141 e. The van der Waals surface area contributed by atoms with Crippen LogP contribution in [-0.2, 0) is 5.60 Å². The van der Waals surface area contributed by atoms with Gasteiger partial charge in [0.05, 0.1) is 6.20 Å². The van der Waals surface area contributed by atoms with Crippen LogP contribution in [0.15, 0.2) is 30.1 Å². The lowest BCUT2D eigenvalue weighted by Gasteiger charge is -2.19. The third-order valence-corrected chi connectivity index (χ3v) is 1.86. The molecule has 0 aliphatic rings. The summed E-state index contributed by atoms with van der Waals surface area (Å²) in [5.41, 5.74) is 0.270. The van der Waals surface area contributed by atoms with Crippen LogP contribution in [0.3, 0.4) is 0 Å². The summed E-state index contributed by atoms with van der Waals surface area (Å²) in [4.78, 5) is 3.69. The topological polar surface area (TPSA) is 33.1 Å². The van der Waals surface area contributed by atoms with Gasteiger partial charge in [-0.05, 0) is 26.8 Å². The van der Waals surface area contributed by atoms with Crippen LogP contribution in [0.4, 0.5) is 4.39 Å². The predicted molar refractivity (Wildman–Crippen MR) is 53.2 cm³/mol. The molecule has 0 fully saturated rings. The van der Waals surface area contributed by atoms with Crippen molar-refractivity contribution in [3.63, 3.8) is 0 Å². The third kappa shape index (κ3) is 2.64. The lowest BCUT2D eigenvalue weighted by atomic mass is 9.95. The van der Waals surface area contributed by atoms with Crippen LogP contribution in [-0.4, -0.2) is 10.1 Å². The minimum atomic E-state index is -1.16. The number of hydrogen-bond donors (Lipinski definition) is 1. The summed E-state index contributed by atoms with van der Waals surface area (Å²) >= 11 is 0. The molecule has 0 aliphatic heterocycles. The minimum Gasteiger partial charge on any atom is -0.381 e. The summed E-state index contributed by atoms with van der Waals surface area (Å²) in [7, 11) is 0. The van der Waals surface area contributed by atoms with Crippen molar-refractivity contribution in [1.82, 2.24) is 4.98 Å². The monoisotopic (exact) mass is 195 g/mol. The number of allylic oxidation sites excluding steroid dienone is 1. The van der Waals surface area contributed by atoms with Gasteiger partial charge in [-0.3, -0.25) is 4.98 Å². The number of aromatic nitrogens is 1. The molecule has 1 rings (SSSR count). The lowest BCUT2D eigenvalue weighted by molar-refractivity contribution is 0.109. The van der Waals surface area contributed by atoms with Crippen LogP contribution in [0, 0.1) is 5.82 Å². The predicted octanol–water partition coefficient (Wildman–Crippen LogP) is 2.39. The highest BCUT2D eigenvalue weighted by Gasteiger charge is 2.20. The van der Waals surface area contributed by atoms with Gasteiger partial charge in [0.1, 0.15) is 11.4 Å². The van der Waals surface area contributed by atoms with Crippen LogP contribution in [0.2, 0.25) is 0 Å². The average molecular weight is 195 g/mol. The lowest BCUT2D eigenvalue weighted by Crippen LogP contribution is -2.18. The molecule has 1 heterocycles. The molecule has 0 spiro atoms. The van der Waals surface area contributed by atoms with E-state index in [2.05, 4.69) is 4.98 Å². The fraction of sp³-hybridized carbons (Fsp3) is 0.364. The molecule has 1 unspecified atom stereocenters. The zero-order valence-corrected chi connectivity index (χ0v) is 8.58. The first-order valence-corrected chi connectivity index (χ1v) is 4.41. The first-order chi connectivity index (χ1) is 6.42. The molecule has 14 heavy (non-hydrogen) atoms. The molecule has 0 aromatic carbocycles. The molecule has 1 aromatic rings. The zero-order valence-electron chi connectivity index (χ0n) is 8.58. The van der Waals surface area contributed by atoms with Gasteiger partial charge in [-0.2, -0.15) is 0 Å². The molecule has 0 radical (unpaired) electrons. The zero-order chi connectivity index (χ0) is 10.8. The third-order valence-electron chi connectivity index (χ3n) is 1.86. The van der Waals surface area contributed by atoms with Gasteiger partial charge in [-0.25, -0.2) is 4.39 Å². The van der Waals surface area contributed by atoms with Crippen LogP contribution in [0.1, 0.15) is 26.3 Å².